The molecule has 0 saturated heterocycles. The first-order valence-electron chi connectivity index (χ1n) is 12.4. The molecule has 0 aliphatic rings. The van der Waals surface area contributed by atoms with Gasteiger partial charge in [0, 0.05) is 19.5 Å². The zero-order valence-electron chi connectivity index (χ0n) is 22.2. The van der Waals surface area contributed by atoms with E-state index >= 15 is 0 Å². The molecule has 3 aromatic carbocycles. The highest BCUT2D eigenvalue weighted by Gasteiger charge is 2.32. The summed E-state index contributed by atoms with van der Waals surface area (Å²) in [4.78, 5) is 41.4. The van der Waals surface area contributed by atoms with Crippen LogP contribution in [0.3, 0.4) is 0 Å². The number of aromatic nitrogens is 1. The van der Waals surface area contributed by atoms with E-state index in [2.05, 4.69) is 15.6 Å². The van der Waals surface area contributed by atoms with Gasteiger partial charge in [-0.05, 0) is 42.0 Å². The predicted molar refractivity (Wildman–Crippen MR) is 157 cm³/mol. The van der Waals surface area contributed by atoms with Gasteiger partial charge in [-0.3, -0.25) is 9.78 Å². The van der Waals surface area contributed by atoms with Gasteiger partial charge >= 0.3 is 18.0 Å². The van der Waals surface area contributed by atoms with E-state index in [4.69, 9.17) is 32.7 Å². The Hall–Kier alpha value is -4.49. The molecule has 4 rings (SSSR count). The van der Waals surface area contributed by atoms with E-state index < -0.39 is 40.0 Å². The lowest BCUT2D eigenvalue weighted by Crippen LogP contribution is -2.45. The monoisotopic (exact) mass is 643 g/mol. The molecule has 1 unspecified atom stereocenters. The van der Waals surface area contributed by atoms with Crippen molar-refractivity contribution in [2.24, 2.45) is 0 Å². The highest BCUT2D eigenvalue weighted by atomic mass is 35.5. The number of anilines is 1. The quantitative estimate of drug-likeness (QED) is 0.117. The number of carboxylic acid groups (broad SMARTS) is 1. The minimum absolute atomic E-state index is 0.00682. The van der Waals surface area contributed by atoms with Crippen LogP contribution in [0.5, 0.6) is 5.75 Å². The molecule has 14 heteroatoms. The number of para-hydroxylation sites is 1. The van der Waals surface area contributed by atoms with Crippen molar-refractivity contribution in [2.75, 3.05) is 12.4 Å². The minimum atomic E-state index is -3.98. The molecule has 2 atom stereocenters. The third-order valence-corrected chi connectivity index (χ3v) is 8.48. The maximum absolute atomic E-state index is 13.2. The molecule has 0 spiro atoms. The summed E-state index contributed by atoms with van der Waals surface area (Å²) in [5.74, 6) is -3.52. The number of carbonyl (C=O) groups excluding carboxylic acids is 2. The van der Waals surface area contributed by atoms with Gasteiger partial charge in [0.1, 0.15) is 23.5 Å². The van der Waals surface area contributed by atoms with Gasteiger partial charge in [0.25, 0.3) is 0 Å². The summed E-state index contributed by atoms with van der Waals surface area (Å²) >= 11 is 12.0. The number of hydrogen-bond acceptors (Lipinski definition) is 8. The fourth-order valence-electron chi connectivity index (χ4n) is 4.05. The summed E-state index contributed by atoms with van der Waals surface area (Å²) in [7, 11) is -2.78. The molecule has 4 aromatic rings. The number of benzene rings is 3. The van der Waals surface area contributed by atoms with Crippen LogP contribution in [0.4, 0.5) is 10.5 Å². The molecule has 0 saturated carbocycles. The molecule has 0 radical (unpaired) electrons. The van der Waals surface area contributed by atoms with Crippen LogP contribution < -0.4 is 15.4 Å². The van der Waals surface area contributed by atoms with Gasteiger partial charge in [-0.25, -0.2) is 18.0 Å². The Kier molecular flexibility index (Phi) is 9.99. The highest BCUT2D eigenvalue weighted by Crippen LogP contribution is 2.29. The predicted octanol–water partition coefficient (Wildman–Crippen LogP) is 5.40. The van der Waals surface area contributed by atoms with Gasteiger partial charge in [-0.1, -0.05) is 65.7 Å². The van der Waals surface area contributed by atoms with Gasteiger partial charge in [0.2, 0.25) is 9.84 Å². The standard InChI is InChI=1S/C29H23Cl2N3O8S/c1-41-26(34-29(38)33-22-9-5-6-10-23(22)43(39,40)19-7-3-2-4-8-19)24(27(35)36)17-11-13-18(14-12-17)42-28(37)25-20(30)15-32-16-21(25)31/h2-16,24,26H,1H3,(H,35,36)(H2,33,34,38)/t24?,26-/m0/s1. The second kappa shape index (κ2) is 13.7. The fourth-order valence-corrected chi connectivity index (χ4v) is 6.01. The fraction of sp³-hybridized carbons (Fsp3) is 0.103. The average Bonchev–Trinajstić information content (AvgIpc) is 2.98. The molecule has 43 heavy (non-hydrogen) atoms. The van der Waals surface area contributed by atoms with E-state index in [9.17, 15) is 27.9 Å². The van der Waals surface area contributed by atoms with Crippen molar-refractivity contribution in [1.29, 1.82) is 0 Å². The van der Waals surface area contributed by atoms with Gasteiger partial charge < -0.3 is 25.2 Å². The number of ether oxygens (including phenoxy) is 2. The van der Waals surface area contributed by atoms with E-state index in [0.717, 1.165) is 0 Å². The maximum Gasteiger partial charge on any atom is 0.346 e. The zero-order chi connectivity index (χ0) is 31.1. The summed E-state index contributed by atoms with van der Waals surface area (Å²) in [5.41, 5.74) is 0.0938. The number of esters is 1. The molecule has 0 fully saturated rings. The Morgan fingerprint density at radius 3 is 2.09 bits per heavy atom. The first-order valence-corrected chi connectivity index (χ1v) is 14.6. The molecule has 0 bridgehead atoms. The van der Waals surface area contributed by atoms with Crippen molar-refractivity contribution < 1.29 is 37.4 Å². The van der Waals surface area contributed by atoms with E-state index in [1.54, 1.807) is 24.3 Å². The molecule has 222 valence electrons. The molecule has 0 aliphatic heterocycles. The van der Waals surface area contributed by atoms with E-state index in [0.29, 0.717) is 0 Å². The number of nitrogens with zero attached hydrogens (tertiary/aromatic N) is 1. The van der Waals surface area contributed by atoms with E-state index in [1.807, 2.05) is 0 Å². The third kappa shape index (κ3) is 7.30. The molecular weight excluding hydrogens is 621 g/mol. The second-order valence-corrected chi connectivity index (χ2v) is 11.6. The van der Waals surface area contributed by atoms with Gasteiger partial charge in [-0.15, -0.1) is 0 Å². The summed E-state index contributed by atoms with van der Waals surface area (Å²) in [6.45, 7) is 0. The SMILES string of the molecule is CO[C@H](NC(=O)Nc1ccccc1S(=O)(=O)c1ccccc1)C(C(=O)O)c1ccc(OC(=O)c2c(Cl)cncc2Cl)cc1. The summed E-state index contributed by atoms with van der Waals surface area (Å²) < 4.78 is 37.0. The lowest BCUT2D eigenvalue weighted by molar-refractivity contribution is -0.142. The second-order valence-electron chi connectivity index (χ2n) is 8.82. The summed E-state index contributed by atoms with van der Waals surface area (Å²) in [6, 6.07) is 18.0. The van der Waals surface area contributed by atoms with Crippen molar-refractivity contribution >= 4 is 56.7 Å². The average molecular weight is 644 g/mol. The van der Waals surface area contributed by atoms with Crippen LogP contribution in [0.25, 0.3) is 0 Å². The Morgan fingerprint density at radius 1 is 0.884 bits per heavy atom. The molecular formula is C29H23Cl2N3O8S. The van der Waals surface area contributed by atoms with Crippen LogP contribution >= 0.6 is 23.2 Å². The molecule has 1 heterocycles. The normalized spacial score (nSPS) is 12.5. The van der Waals surface area contributed by atoms with Crippen LogP contribution in [-0.2, 0) is 19.4 Å². The van der Waals surface area contributed by atoms with Gasteiger partial charge in [-0.2, -0.15) is 0 Å². The molecule has 2 amide bonds. The number of methoxy groups -OCH3 is 1. The number of aliphatic carboxylic acids is 1. The first kappa shape index (κ1) is 31.4. The lowest BCUT2D eigenvalue weighted by Gasteiger charge is -2.24. The summed E-state index contributed by atoms with van der Waals surface area (Å²) in [6.07, 6.45) is 1.08. The maximum atomic E-state index is 13.2. The Labute approximate surface area is 256 Å². The number of amides is 2. The number of carboxylic acids is 1. The third-order valence-electron chi connectivity index (χ3n) is 6.08. The van der Waals surface area contributed by atoms with Crippen LogP contribution in [-0.4, -0.2) is 49.8 Å². The van der Waals surface area contributed by atoms with Crippen molar-refractivity contribution in [1.82, 2.24) is 10.3 Å². The van der Waals surface area contributed by atoms with Gasteiger partial charge in [0.05, 0.1) is 25.5 Å². The Morgan fingerprint density at radius 2 is 1.49 bits per heavy atom. The topological polar surface area (TPSA) is 161 Å². The van der Waals surface area contributed by atoms with Crippen molar-refractivity contribution in [3.05, 3.63) is 112 Å². The number of halogens is 2. The summed E-state index contributed by atoms with van der Waals surface area (Å²) in [5, 5.41) is 14.9. The van der Waals surface area contributed by atoms with Crippen LogP contribution in [0.2, 0.25) is 10.0 Å². The van der Waals surface area contributed by atoms with E-state index in [-0.39, 0.29) is 42.4 Å². The molecule has 11 nitrogen and oxygen atoms in total. The van der Waals surface area contributed by atoms with E-state index in [1.165, 1.54) is 74.1 Å². The smallest absolute Gasteiger partial charge is 0.346 e. The first-order chi connectivity index (χ1) is 20.5. The largest absolute Gasteiger partial charge is 0.481 e. The Balaban J connectivity index is 1.50. The van der Waals surface area contributed by atoms with Crippen LogP contribution in [0.15, 0.2) is 101 Å². The van der Waals surface area contributed by atoms with Crippen molar-refractivity contribution in [3.63, 3.8) is 0 Å². The number of urea groups is 1. The minimum Gasteiger partial charge on any atom is -0.481 e. The number of hydrogen-bond donors (Lipinski definition) is 3. The molecule has 3 N–H and O–H groups in total. The molecule has 0 aliphatic carbocycles. The van der Waals surface area contributed by atoms with Crippen LogP contribution in [0.1, 0.15) is 21.8 Å². The van der Waals surface area contributed by atoms with Crippen LogP contribution in [0, 0.1) is 0 Å². The van der Waals surface area contributed by atoms with Crippen molar-refractivity contribution in [2.45, 2.75) is 21.9 Å². The number of rotatable bonds is 10. The highest BCUT2D eigenvalue weighted by molar-refractivity contribution is 7.91. The zero-order valence-corrected chi connectivity index (χ0v) is 24.6. The Bertz CT molecular complexity index is 1730. The van der Waals surface area contributed by atoms with Crippen molar-refractivity contribution in [3.8, 4) is 5.75 Å². The number of carbonyl (C=O) groups is 3. The number of sulfone groups is 1. The molecule has 1 aromatic heterocycles. The van der Waals surface area contributed by atoms with Gasteiger partial charge in [0.15, 0.2) is 0 Å². The number of nitrogens with one attached hydrogen (secondary N) is 2. The number of pyridine rings is 1. The lowest BCUT2D eigenvalue weighted by atomic mass is 9.97.